The van der Waals surface area contributed by atoms with Crippen LogP contribution in [-0.2, 0) is 14.6 Å². The highest BCUT2D eigenvalue weighted by molar-refractivity contribution is 7.91. The van der Waals surface area contributed by atoms with Crippen LogP contribution in [0.25, 0.3) is 0 Å². The first kappa shape index (κ1) is 13.8. The van der Waals surface area contributed by atoms with E-state index in [2.05, 4.69) is 0 Å². The van der Waals surface area contributed by atoms with Crippen LogP contribution in [0.15, 0.2) is 24.3 Å². The van der Waals surface area contributed by atoms with E-state index < -0.39 is 32.4 Å². The van der Waals surface area contributed by atoms with Gasteiger partial charge >= 0.3 is 5.97 Å². The Morgan fingerprint density at radius 3 is 2.53 bits per heavy atom. The number of carboxylic acids is 1. The monoisotopic (exact) mass is 299 g/mol. The minimum absolute atomic E-state index is 0.369. The van der Waals surface area contributed by atoms with Gasteiger partial charge in [-0.1, -0.05) is 23.7 Å². The van der Waals surface area contributed by atoms with Gasteiger partial charge in [0.1, 0.15) is 5.25 Å². The lowest BCUT2D eigenvalue weighted by Crippen LogP contribution is -2.21. The maximum absolute atomic E-state index is 11.7. The van der Waals surface area contributed by atoms with Crippen molar-refractivity contribution in [3.63, 3.8) is 0 Å². The smallest absolute Gasteiger partial charge is 0.326 e. The number of hydrogen-bond acceptors (Lipinski definition) is 4. The molecule has 1 aromatic carbocycles. The Hall–Kier alpha value is -1.58. The summed E-state index contributed by atoms with van der Waals surface area (Å²) in [6.45, 7) is 0. The predicted molar refractivity (Wildman–Crippen MR) is 68.5 cm³/mol. The molecule has 0 bridgehead atoms. The van der Waals surface area contributed by atoms with Crippen LogP contribution in [0.3, 0.4) is 0 Å². The van der Waals surface area contributed by atoms with E-state index in [4.69, 9.17) is 16.9 Å². The zero-order valence-corrected chi connectivity index (χ0v) is 11.4. The molecule has 2 rings (SSSR count). The highest BCUT2D eigenvalue weighted by Gasteiger charge is 2.76. The molecule has 3 unspecified atom stereocenters. The van der Waals surface area contributed by atoms with Crippen LogP contribution in [0.2, 0.25) is 5.02 Å². The van der Waals surface area contributed by atoms with Gasteiger partial charge < -0.3 is 5.11 Å². The van der Waals surface area contributed by atoms with E-state index in [1.165, 1.54) is 6.07 Å². The molecule has 0 saturated heterocycles. The first-order valence-electron chi connectivity index (χ1n) is 5.34. The standard InChI is InChI=1S/C12H10ClNO4S/c1-19(17,18)10-9(12(10,6-14)11(15)16)7-3-2-4-8(13)5-7/h2-5,9-10H,1H3,(H,15,16). The molecule has 1 N–H and O–H groups in total. The van der Waals surface area contributed by atoms with E-state index in [0.29, 0.717) is 10.6 Å². The number of benzene rings is 1. The quantitative estimate of drug-likeness (QED) is 0.911. The third kappa shape index (κ3) is 1.99. The first-order valence-corrected chi connectivity index (χ1v) is 7.67. The Balaban J connectivity index is 2.58. The number of sulfone groups is 1. The van der Waals surface area contributed by atoms with Gasteiger partial charge in [0.15, 0.2) is 15.3 Å². The van der Waals surface area contributed by atoms with Crippen molar-refractivity contribution in [2.75, 3.05) is 6.26 Å². The van der Waals surface area contributed by atoms with Crippen molar-refractivity contribution in [1.29, 1.82) is 5.26 Å². The van der Waals surface area contributed by atoms with Crippen LogP contribution in [0.5, 0.6) is 0 Å². The molecule has 1 aliphatic carbocycles. The topological polar surface area (TPSA) is 95.2 Å². The molecule has 1 aliphatic rings. The fourth-order valence-electron chi connectivity index (χ4n) is 2.51. The molecule has 0 spiro atoms. The summed E-state index contributed by atoms with van der Waals surface area (Å²) >= 11 is 5.81. The molecular formula is C12H10ClNO4S. The van der Waals surface area contributed by atoms with Crippen LogP contribution in [-0.4, -0.2) is 31.0 Å². The van der Waals surface area contributed by atoms with Crippen LogP contribution in [0, 0.1) is 16.7 Å². The van der Waals surface area contributed by atoms with Crippen molar-refractivity contribution in [1.82, 2.24) is 0 Å². The van der Waals surface area contributed by atoms with E-state index in [9.17, 15) is 18.3 Å². The fourth-order valence-corrected chi connectivity index (χ4v) is 4.48. The van der Waals surface area contributed by atoms with E-state index in [0.717, 1.165) is 6.26 Å². The van der Waals surface area contributed by atoms with Crippen LogP contribution in [0.4, 0.5) is 0 Å². The summed E-state index contributed by atoms with van der Waals surface area (Å²) in [5.74, 6) is -2.31. The van der Waals surface area contributed by atoms with Gasteiger partial charge in [-0.15, -0.1) is 0 Å². The maximum Gasteiger partial charge on any atom is 0.326 e. The number of hydrogen-bond donors (Lipinski definition) is 1. The molecule has 0 radical (unpaired) electrons. The summed E-state index contributed by atoms with van der Waals surface area (Å²) in [7, 11) is -3.65. The van der Waals surface area contributed by atoms with Crippen molar-refractivity contribution < 1.29 is 18.3 Å². The summed E-state index contributed by atoms with van der Waals surface area (Å²) in [4.78, 5) is 11.3. The van der Waals surface area contributed by atoms with E-state index in [1.54, 1.807) is 24.3 Å². The number of carboxylic acid groups (broad SMARTS) is 1. The summed E-state index contributed by atoms with van der Waals surface area (Å²) in [6, 6.07) is 7.92. The Labute approximate surface area is 115 Å². The molecule has 1 aromatic rings. The largest absolute Gasteiger partial charge is 0.480 e. The minimum atomic E-state index is -3.65. The average Bonchev–Trinajstić information content (AvgIpc) is 2.99. The van der Waals surface area contributed by atoms with Gasteiger partial charge in [-0.25, -0.2) is 8.42 Å². The number of carbonyl (C=O) groups is 1. The SMILES string of the molecule is CS(=O)(=O)C1C(c2cccc(Cl)c2)C1(C#N)C(=O)O. The molecule has 19 heavy (non-hydrogen) atoms. The third-order valence-electron chi connectivity index (χ3n) is 3.34. The Bertz CT molecular complexity index is 694. The highest BCUT2D eigenvalue weighted by atomic mass is 35.5. The third-order valence-corrected chi connectivity index (χ3v) is 5.14. The Morgan fingerprint density at radius 1 is 1.53 bits per heavy atom. The lowest BCUT2D eigenvalue weighted by molar-refractivity contribution is -0.141. The Kier molecular flexibility index (Phi) is 3.07. The molecule has 1 saturated carbocycles. The second-order valence-corrected chi connectivity index (χ2v) is 7.17. The molecule has 5 nitrogen and oxygen atoms in total. The van der Waals surface area contributed by atoms with Gasteiger partial charge in [0.05, 0.1) is 6.07 Å². The van der Waals surface area contributed by atoms with Gasteiger partial charge in [0.2, 0.25) is 0 Å². The van der Waals surface area contributed by atoms with Crippen molar-refractivity contribution in [3.05, 3.63) is 34.9 Å². The predicted octanol–water partition coefficient (Wildman–Crippen LogP) is 1.44. The number of nitriles is 1. The van der Waals surface area contributed by atoms with Crippen molar-refractivity contribution in [2.24, 2.45) is 5.41 Å². The summed E-state index contributed by atoms with van der Waals surface area (Å²) in [6.07, 6.45) is 0.942. The average molecular weight is 300 g/mol. The van der Waals surface area contributed by atoms with Gasteiger partial charge in [-0.2, -0.15) is 5.26 Å². The first-order chi connectivity index (χ1) is 8.75. The maximum atomic E-state index is 11.7. The van der Waals surface area contributed by atoms with Crippen LogP contribution in [0.1, 0.15) is 11.5 Å². The number of aliphatic carboxylic acids is 1. The van der Waals surface area contributed by atoms with Crippen molar-refractivity contribution in [2.45, 2.75) is 11.2 Å². The van der Waals surface area contributed by atoms with E-state index in [-0.39, 0.29) is 0 Å². The van der Waals surface area contributed by atoms with Gasteiger partial charge in [0.25, 0.3) is 0 Å². The molecule has 0 amide bonds. The molecule has 1 fully saturated rings. The van der Waals surface area contributed by atoms with Crippen LogP contribution < -0.4 is 0 Å². The minimum Gasteiger partial charge on any atom is -0.480 e. The van der Waals surface area contributed by atoms with Gasteiger partial charge in [0, 0.05) is 17.2 Å². The zero-order valence-electron chi connectivity index (χ0n) is 9.87. The summed E-state index contributed by atoms with van der Waals surface area (Å²) in [5, 5.41) is 17.5. The molecule has 100 valence electrons. The highest BCUT2D eigenvalue weighted by Crippen LogP contribution is 2.62. The number of halogens is 1. The van der Waals surface area contributed by atoms with Gasteiger partial charge in [-0.05, 0) is 17.7 Å². The molecule has 0 aromatic heterocycles. The molecule has 0 aliphatic heterocycles. The second-order valence-electron chi connectivity index (χ2n) is 4.57. The summed E-state index contributed by atoms with van der Waals surface area (Å²) in [5.41, 5.74) is -1.47. The molecular weight excluding hydrogens is 290 g/mol. The zero-order chi connectivity index (χ0) is 14.4. The lowest BCUT2D eigenvalue weighted by Gasteiger charge is -2.02. The van der Waals surface area contributed by atoms with Crippen molar-refractivity contribution >= 4 is 27.4 Å². The normalized spacial score (nSPS) is 29.5. The molecule has 3 atom stereocenters. The van der Waals surface area contributed by atoms with Crippen LogP contribution >= 0.6 is 11.6 Å². The lowest BCUT2D eigenvalue weighted by atomic mass is 10.0. The van der Waals surface area contributed by atoms with Crippen molar-refractivity contribution in [3.8, 4) is 6.07 Å². The van der Waals surface area contributed by atoms with E-state index >= 15 is 0 Å². The fraction of sp³-hybridized carbons (Fsp3) is 0.333. The Morgan fingerprint density at radius 2 is 2.16 bits per heavy atom. The molecule has 0 heterocycles. The second kappa shape index (κ2) is 4.22. The summed E-state index contributed by atoms with van der Waals surface area (Å²) < 4.78 is 23.4. The molecule has 7 heteroatoms. The van der Waals surface area contributed by atoms with E-state index in [1.807, 2.05) is 0 Å². The number of nitrogens with zero attached hydrogens (tertiary/aromatic N) is 1. The number of rotatable bonds is 3. The van der Waals surface area contributed by atoms with Gasteiger partial charge in [-0.3, -0.25) is 4.79 Å².